The summed E-state index contributed by atoms with van der Waals surface area (Å²) in [7, 11) is 0. The summed E-state index contributed by atoms with van der Waals surface area (Å²) in [5, 5.41) is 12.6. The summed E-state index contributed by atoms with van der Waals surface area (Å²) in [5.41, 5.74) is 4.52. The number of benzene rings is 2. The number of nitrogens with zero attached hydrogens (tertiary/aromatic N) is 1. The maximum Gasteiger partial charge on any atom is 0.125 e. The molecular weight excluding hydrogens is 275 g/mol. The van der Waals surface area contributed by atoms with Crippen molar-refractivity contribution >= 4 is 5.69 Å². The van der Waals surface area contributed by atoms with Gasteiger partial charge in [-0.2, -0.15) is 5.26 Å². The number of hydrogen-bond acceptors (Lipinski definition) is 2. The Hall–Kier alpha value is -2.34. The number of nitrogens with one attached hydrogen (secondary N) is 1. The van der Waals surface area contributed by atoms with Gasteiger partial charge in [0.2, 0.25) is 0 Å². The molecule has 0 radical (unpaired) electrons. The molecule has 3 heteroatoms. The van der Waals surface area contributed by atoms with E-state index in [1.54, 1.807) is 6.07 Å². The second kappa shape index (κ2) is 5.14. The molecule has 1 heterocycles. The summed E-state index contributed by atoms with van der Waals surface area (Å²) in [4.78, 5) is 0. The number of nitriles is 1. The van der Waals surface area contributed by atoms with Gasteiger partial charge in [-0.15, -0.1) is 0 Å². The predicted molar refractivity (Wildman–Crippen MR) is 87.3 cm³/mol. The van der Waals surface area contributed by atoms with E-state index in [1.165, 1.54) is 17.7 Å². The van der Waals surface area contributed by atoms with Gasteiger partial charge in [0.25, 0.3) is 0 Å². The first-order valence-corrected chi connectivity index (χ1v) is 7.51. The van der Waals surface area contributed by atoms with Crippen molar-refractivity contribution < 1.29 is 4.39 Å². The van der Waals surface area contributed by atoms with Gasteiger partial charge in [-0.3, -0.25) is 0 Å². The molecule has 1 unspecified atom stereocenters. The molecule has 22 heavy (non-hydrogen) atoms. The van der Waals surface area contributed by atoms with Gasteiger partial charge in [0, 0.05) is 11.2 Å². The van der Waals surface area contributed by atoms with Crippen molar-refractivity contribution in [2.75, 3.05) is 5.32 Å². The molecule has 2 aromatic carbocycles. The maximum atomic E-state index is 13.7. The lowest BCUT2D eigenvalue weighted by Gasteiger charge is -2.37. The van der Waals surface area contributed by atoms with Crippen LogP contribution >= 0.6 is 0 Å². The van der Waals surface area contributed by atoms with Crippen molar-refractivity contribution in [3.8, 4) is 17.2 Å². The van der Waals surface area contributed by atoms with E-state index in [2.05, 4.69) is 38.2 Å². The molecule has 1 aliphatic heterocycles. The van der Waals surface area contributed by atoms with Crippen molar-refractivity contribution in [3.05, 3.63) is 53.3 Å². The Labute approximate surface area is 130 Å². The van der Waals surface area contributed by atoms with E-state index in [0.717, 1.165) is 23.2 Å². The quantitative estimate of drug-likeness (QED) is 0.797. The smallest absolute Gasteiger partial charge is 0.125 e. The minimum Gasteiger partial charge on any atom is -0.380 e. The number of anilines is 1. The van der Waals surface area contributed by atoms with E-state index in [1.807, 2.05) is 12.1 Å². The van der Waals surface area contributed by atoms with Gasteiger partial charge in [0.1, 0.15) is 5.82 Å². The Kier molecular flexibility index (Phi) is 3.41. The van der Waals surface area contributed by atoms with Crippen LogP contribution in [0.1, 0.15) is 44.2 Å². The van der Waals surface area contributed by atoms with Crippen molar-refractivity contribution in [2.24, 2.45) is 0 Å². The Balaban J connectivity index is 2.07. The van der Waals surface area contributed by atoms with Crippen LogP contribution in [0.5, 0.6) is 0 Å². The molecule has 3 rings (SSSR count). The average Bonchev–Trinajstić information content (AvgIpc) is 2.45. The van der Waals surface area contributed by atoms with Gasteiger partial charge in [-0.05, 0) is 73.2 Å². The molecule has 0 bridgehead atoms. The summed E-state index contributed by atoms with van der Waals surface area (Å²) in [5.74, 6) is 0.0641. The Morgan fingerprint density at radius 1 is 1.18 bits per heavy atom. The Morgan fingerprint density at radius 3 is 2.68 bits per heavy atom. The lowest BCUT2D eigenvalue weighted by Crippen LogP contribution is -2.36. The maximum absolute atomic E-state index is 13.7. The highest BCUT2D eigenvalue weighted by Crippen LogP contribution is 2.40. The first kappa shape index (κ1) is 14.6. The molecule has 1 atom stereocenters. The SMILES string of the molecule is CC1CC(C)(C)Nc2ccc(-c3cc(F)cc(C#N)c3)cc21. The number of hydrogen-bond donors (Lipinski definition) is 1. The zero-order chi connectivity index (χ0) is 15.9. The van der Waals surface area contributed by atoms with Crippen molar-refractivity contribution in [1.29, 1.82) is 5.26 Å². The van der Waals surface area contributed by atoms with Crippen LogP contribution in [0.2, 0.25) is 0 Å². The van der Waals surface area contributed by atoms with Gasteiger partial charge >= 0.3 is 0 Å². The van der Waals surface area contributed by atoms with Crippen LogP contribution in [0, 0.1) is 17.1 Å². The molecule has 2 nitrogen and oxygen atoms in total. The van der Waals surface area contributed by atoms with Crippen LogP contribution in [-0.4, -0.2) is 5.54 Å². The van der Waals surface area contributed by atoms with Gasteiger partial charge in [0.05, 0.1) is 11.6 Å². The molecular formula is C19H19FN2. The second-order valence-electron chi connectivity index (χ2n) is 6.76. The van der Waals surface area contributed by atoms with E-state index in [0.29, 0.717) is 11.5 Å². The van der Waals surface area contributed by atoms with E-state index in [4.69, 9.17) is 5.26 Å². The molecule has 0 amide bonds. The molecule has 1 aliphatic rings. The summed E-state index contributed by atoms with van der Waals surface area (Å²) in [6, 6.07) is 12.6. The predicted octanol–water partition coefficient (Wildman–Crippen LogP) is 5.06. The third-order valence-corrected chi connectivity index (χ3v) is 4.23. The van der Waals surface area contributed by atoms with Crippen LogP contribution in [0.3, 0.4) is 0 Å². The highest BCUT2D eigenvalue weighted by atomic mass is 19.1. The molecule has 112 valence electrons. The molecule has 0 fully saturated rings. The Bertz CT molecular complexity index is 771. The van der Waals surface area contributed by atoms with E-state index < -0.39 is 0 Å². The molecule has 1 N–H and O–H groups in total. The fourth-order valence-corrected chi connectivity index (χ4v) is 3.38. The lowest BCUT2D eigenvalue weighted by atomic mass is 9.81. The molecule has 0 spiro atoms. The standard InChI is InChI=1S/C19H19FN2/c1-12-10-19(2,3)22-18-5-4-14(9-17(12)18)15-6-13(11-21)7-16(20)8-15/h4-9,12,22H,10H2,1-3H3. The summed E-state index contributed by atoms with van der Waals surface area (Å²) < 4.78 is 13.7. The topological polar surface area (TPSA) is 35.8 Å². The molecule has 0 aliphatic carbocycles. The van der Waals surface area contributed by atoms with Crippen molar-refractivity contribution in [2.45, 2.75) is 38.6 Å². The van der Waals surface area contributed by atoms with Gasteiger partial charge in [-0.1, -0.05) is 13.0 Å². The van der Waals surface area contributed by atoms with Crippen LogP contribution in [-0.2, 0) is 0 Å². The van der Waals surface area contributed by atoms with E-state index in [9.17, 15) is 4.39 Å². The first-order chi connectivity index (χ1) is 10.4. The van der Waals surface area contributed by atoms with Crippen molar-refractivity contribution in [3.63, 3.8) is 0 Å². The van der Waals surface area contributed by atoms with Crippen LogP contribution in [0.25, 0.3) is 11.1 Å². The fraction of sp³-hybridized carbons (Fsp3) is 0.316. The highest BCUT2D eigenvalue weighted by molar-refractivity contribution is 5.71. The molecule has 0 aromatic heterocycles. The largest absolute Gasteiger partial charge is 0.380 e. The summed E-state index contributed by atoms with van der Waals surface area (Å²) >= 11 is 0. The monoisotopic (exact) mass is 294 g/mol. The molecule has 2 aromatic rings. The molecule has 0 saturated heterocycles. The normalized spacial score (nSPS) is 19.0. The zero-order valence-electron chi connectivity index (χ0n) is 13.1. The second-order valence-corrected chi connectivity index (χ2v) is 6.76. The van der Waals surface area contributed by atoms with Crippen LogP contribution in [0.15, 0.2) is 36.4 Å². The minimum absolute atomic E-state index is 0.0841. The van der Waals surface area contributed by atoms with E-state index in [-0.39, 0.29) is 11.4 Å². The highest BCUT2D eigenvalue weighted by Gasteiger charge is 2.29. The summed E-state index contributed by atoms with van der Waals surface area (Å²) in [6.45, 7) is 6.62. The Morgan fingerprint density at radius 2 is 1.95 bits per heavy atom. The van der Waals surface area contributed by atoms with Crippen LogP contribution in [0.4, 0.5) is 10.1 Å². The minimum atomic E-state index is -0.376. The zero-order valence-corrected chi connectivity index (χ0v) is 13.1. The fourth-order valence-electron chi connectivity index (χ4n) is 3.38. The van der Waals surface area contributed by atoms with Crippen LogP contribution < -0.4 is 5.32 Å². The summed E-state index contributed by atoms with van der Waals surface area (Å²) in [6.07, 6.45) is 1.05. The van der Waals surface area contributed by atoms with E-state index >= 15 is 0 Å². The number of fused-ring (bicyclic) bond motifs is 1. The van der Waals surface area contributed by atoms with Gasteiger partial charge in [0.15, 0.2) is 0 Å². The first-order valence-electron chi connectivity index (χ1n) is 7.51. The number of rotatable bonds is 1. The van der Waals surface area contributed by atoms with Gasteiger partial charge < -0.3 is 5.32 Å². The molecule has 0 saturated carbocycles. The third kappa shape index (κ3) is 2.69. The number of halogens is 1. The van der Waals surface area contributed by atoms with Gasteiger partial charge in [-0.25, -0.2) is 4.39 Å². The average molecular weight is 294 g/mol. The third-order valence-electron chi connectivity index (χ3n) is 4.23. The lowest BCUT2D eigenvalue weighted by molar-refractivity contribution is 0.454. The van der Waals surface area contributed by atoms with Crippen molar-refractivity contribution in [1.82, 2.24) is 0 Å².